The smallest absolute Gasteiger partial charge is 0.118 e. The number of pyridine rings is 1. The first kappa shape index (κ1) is 12.9. The zero-order valence-corrected chi connectivity index (χ0v) is 10.8. The van der Waals surface area contributed by atoms with Gasteiger partial charge in [0, 0.05) is 12.7 Å². The first-order valence-electron chi connectivity index (χ1n) is 6.04. The van der Waals surface area contributed by atoms with E-state index in [4.69, 9.17) is 10.00 Å². The summed E-state index contributed by atoms with van der Waals surface area (Å²) in [5.41, 5.74) is 2.61. The second kappa shape index (κ2) is 6.41. The van der Waals surface area contributed by atoms with E-state index in [1.165, 1.54) is 5.56 Å². The fraction of sp³-hybridized carbons (Fsp3) is 0.200. The third kappa shape index (κ3) is 3.46. The third-order valence-electron chi connectivity index (χ3n) is 2.83. The summed E-state index contributed by atoms with van der Waals surface area (Å²) in [6.07, 6.45) is 4.17. The van der Waals surface area contributed by atoms with Gasteiger partial charge in [-0.15, -0.1) is 0 Å². The number of hydrogen-bond donors (Lipinski definition) is 1. The minimum Gasteiger partial charge on any atom is -0.497 e. The second-order valence-corrected chi connectivity index (χ2v) is 4.06. The molecule has 0 spiro atoms. The second-order valence-electron chi connectivity index (χ2n) is 4.06. The van der Waals surface area contributed by atoms with Crippen molar-refractivity contribution >= 4 is 5.69 Å². The molecule has 4 heteroatoms. The molecular formula is C15H15N3O. The largest absolute Gasteiger partial charge is 0.497 e. The van der Waals surface area contributed by atoms with E-state index in [0.717, 1.165) is 24.4 Å². The average molecular weight is 253 g/mol. The number of anilines is 1. The van der Waals surface area contributed by atoms with Crippen molar-refractivity contribution in [2.24, 2.45) is 0 Å². The highest BCUT2D eigenvalue weighted by atomic mass is 16.5. The maximum Gasteiger partial charge on any atom is 0.118 e. The number of aromatic nitrogens is 1. The molecule has 0 fully saturated rings. The highest BCUT2D eigenvalue weighted by molar-refractivity contribution is 5.55. The van der Waals surface area contributed by atoms with Gasteiger partial charge in [-0.25, -0.2) is 0 Å². The Hall–Kier alpha value is -2.54. The number of methoxy groups -OCH3 is 1. The molecular weight excluding hydrogens is 238 g/mol. The van der Waals surface area contributed by atoms with E-state index in [-0.39, 0.29) is 0 Å². The van der Waals surface area contributed by atoms with Gasteiger partial charge in [0.25, 0.3) is 0 Å². The Morgan fingerprint density at radius 2 is 2.05 bits per heavy atom. The van der Waals surface area contributed by atoms with Crippen molar-refractivity contribution in [1.29, 1.82) is 5.26 Å². The van der Waals surface area contributed by atoms with Crippen LogP contribution in [0.25, 0.3) is 0 Å². The Balaban J connectivity index is 1.91. The summed E-state index contributed by atoms with van der Waals surface area (Å²) < 4.78 is 5.11. The van der Waals surface area contributed by atoms with Crippen LogP contribution in [0, 0.1) is 11.3 Å². The first-order valence-corrected chi connectivity index (χ1v) is 6.04. The summed E-state index contributed by atoms with van der Waals surface area (Å²) in [4.78, 5) is 4.01. The standard InChI is InChI=1S/C15H15N3O/c1-19-14-4-2-12(3-5-14)6-9-18-15-11-17-8-7-13(15)10-16/h2-5,7-8,11,18H,6,9H2,1H3. The molecule has 0 aliphatic rings. The van der Waals surface area contributed by atoms with Crippen LogP contribution in [0.15, 0.2) is 42.7 Å². The molecule has 0 aliphatic carbocycles. The lowest BCUT2D eigenvalue weighted by molar-refractivity contribution is 0.414. The maximum absolute atomic E-state index is 8.96. The summed E-state index contributed by atoms with van der Waals surface area (Å²) in [5.74, 6) is 0.857. The fourth-order valence-electron chi connectivity index (χ4n) is 1.77. The Morgan fingerprint density at radius 1 is 1.26 bits per heavy atom. The van der Waals surface area contributed by atoms with Gasteiger partial charge >= 0.3 is 0 Å². The van der Waals surface area contributed by atoms with E-state index in [0.29, 0.717) is 5.56 Å². The van der Waals surface area contributed by atoms with E-state index in [9.17, 15) is 0 Å². The minimum atomic E-state index is 0.615. The normalized spacial score (nSPS) is 9.68. The molecule has 0 saturated heterocycles. The van der Waals surface area contributed by atoms with Crippen molar-refractivity contribution in [2.75, 3.05) is 19.0 Å². The predicted octanol–water partition coefficient (Wildman–Crippen LogP) is 2.62. The molecule has 0 amide bonds. The molecule has 0 aliphatic heterocycles. The van der Waals surface area contributed by atoms with Crippen LogP contribution in [0.4, 0.5) is 5.69 Å². The van der Waals surface area contributed by atoms with Gasteiger partial charge in [-0.2, -0.15) is 5.26 Å². The number of nitriles is 1. The highest BCUT2D eigenvalue weighted by Gasteiger charge is 2.00. The molecule has 0 atom stereocenters. The molecule has 0 bridgehead atoms. The Morgan fingerprint density at radius 3 is 2.74 bits per heavy atom. The molecule has 96 valence electrons. The summed E-state index contributed by atoms with van der Waals surface area (Å²) in [6.45, 7) is 0.757. The number of nitrogens with one attached hydrogen (secondary N) is 1. The quantitative estimate of drug-likeness (QED) is 0.889. The van der Waals surface area contributed by atoms with Crippen molar-refractivity contribution in [1.82, 2.24) is 4.98 Å². The van der Waals surface area contributed by atoms with Crippen LogP contribution in [0.3, 0.4) is 0 Å². The van der Waals surface area contributed by atoms with Gasteiger partial charge in [-0.1, -0.05) is 12.1 Å². The number of rotatable bonds is 5. The van der Waals surface area contributed by atoms with Crippen LogP contribution < -0.4 is 10.1 Å². The Labute approximate surface area is 112 Å². The number of hydrogen-bond acceptors (Lipinski definition) is 4. The van der Waals surface area contributed by atoms with Crippen LogP contribution in [0.2, 0.25) is 0 Å². The topological polar surface area (TPSA) is 57.9 Å². The minimum absolute atomic E-state index is 0.615. The van der Waals surface area contributed by atoms with E-state index in [1.807, 2.05) is 24.3 Å². The monoisotopic (exact) mass is 253 g/mol. The third-order valence-corrected chi connectivity index (χ3v) is 2.83. The van der Waals surface area contributed by atoms with Crippen molar-refractivity contribution in [3.05, 3.63) is 53.9 Å². The Kier molecular flexibility index (Phi) is 4.35. The molecule has 0 radical (unpaired) electrons. The average Bonchev–Trinajstić information content (AvgIpc) is 2.48. The number of ether oxygens (including phenoxy) is 1. The lowest BCUT2D eigenvalue weighted by Crippen LogP contribution is -2.06. The molecule has 2 rings (SSSR count). The van der Waals surface area contributed by atoms with Crippen molar-refractivity contribution in [3.63, 3.8) is 0 Å². The van der Waals surface area contributed by atoms with Gasteiger partial charge < -0.3 is 10.1 Å². The van der Waals surface area contributed by atoms with Crippen LogP contribution in [-0.2, 0) is 6.42 Å². The van der Waals surface area contributed by atoms with Crippen molar-refractivity contribution in [3.8, 4) is 11.8 Å². The molecule has 0 saturated carbocycles. The van der Waals surface area contributed by atoms with Crippen molar-refractivity contribution < 1.29 is 4.74 Å². The molecule has 1 N–H and O–H groups in total. The van der Waals surface area contributed by atoms with Gasteiger partial charge in [0.15, 0.2) is 0 Å². The van der Waals surface area contributed by atoms with Gasteiger partial charge in [0.2, 0.25) is 0 Å². The zero-order chi connectivity index (χ0) is 13.5. The van der Waals surface area contributed by atoms with E-state index in [2.05, 4.69) is 16.4 Å². The number of nitrogens with zero attached hydrogens (tertiary/aromatic N) is 2. The van der Waals surface area contributed by atoms with E-state index >= 15 is 0 Å². The molecule has 4 nitrogen and oxygen atoms in total. The summed E-state index contributed by atoms with van der Waals surface area (Å²) in [7, 11) is 1.66. The van der Waals surface area contributed by atoms with Crippen molar-refractivity contribution in [2.45, 2.75) is 6.42 Å². The fourth-order valence-corrected chi connectivity index (χ4v) is 1.77. The molecule has 2 aromatic rings. The van der Waals surface area contributed by atoms with Gasteiger partial charge in [0.05, 0.1) is 24.6 Å². The lowest BCUT2D eigenvalue weighted by atomic mass is 10.1. The zero-order valence-electron chi connectivity index (χ0n) is 10.8. The van der Waals surface area contributed by atoms with Crippen LogP contribution in [0.5, 0.6) is 5.75 Å². The van der Waals surface area contributed by atoms with Gasteiger partial charge in [-0.3, -0.25) is 4.98 Å². The predicted molar refractivity (Wildman–Crippen MR) is 74.1 cm³/mol. The summed E-state index contributed by atoms with van der Waals surface area (Å²) in [5, 5.41) is 12.2. The molecule has 0 unspecified atom stereocenters. The first-order chi connectivity index (χ1) is 9.33. The highest BCUT2D eigenvalue weighted by Crippen LogP contribution is 2.14. The molecule has 1 aromatic carbocycles. The SMILES string of the molecule is COc1ccc(CCNc2cnccc2C#N)cc1. The van der Waals surface area contributed by atoms with E-state index < -0.39 is 0 Å². The molecule has 1 aromatic heterocycles. The van der Waals surface area contributed by atoms with Gasteiger partial charge in [-0.05, 0) is 30.2 Å². The van der Waals surface area contributed by atoms with Crippen LogP contribution in [-0.4, -0.2) is 18.6 Å². The van der Waals surface area contributed by atoms with Gasteiger partial charge in [0.1, 0.15) is 11.8 Å². The van der Waals surface area contributed by atoms with Crippen LogP contribution >= 0.6 is 0 Å². The van der Waals surface area contributed by atoms with E-state index in [1.54, 1.807) is 25.6 Å². The lowest BCUT2D eigenvalue weighted by Gasteiger charge is -2.08. The number of benzene rings is 1. The maximum atomic E-state index is 8.96. The molecule has 1 heterocycles. The van der Waals surface area contributed by atoms with Crippen LogP contribution in [0.1, 0.15) is 11.1 Å². The summed E-state index contributed by atoms with van der Waals surface area (Å²) >= 11 is 0. The summed E-state index contributed by atoms with van der Waals surface area (Å²) in [6, 6.07) is 11.8. The Bertz CT molecular complexity index is 573. The molecule has 19 heavy (non-hydrogen) atoms.